The Morgan fingerprint density at radius 1 is 0.743 bits per heavy atom. The number of hydrogen-bond donors (Lipinski definition) is 1. The number of halogens is 6. The third kappa shape index (κ3) is 5.40. The van der Waals surface area contributed by atoms with Crippen LogP contribution in [0, 0.1) is 29.1 Å². The molecule has 35 heavy (non-hydrogen) atoms. The zero-order valence-corrected chi connectivity index (χ0v) is 18.9. The maximum absolute atomic E-state index is 14.1. The van der Waals surface area contributed by atoms with E-state index in [2.05, 4.69) is 5.32 Å². The lowest BCUT2D eigenvalue weighted by molar-refractivity contribution is -0.111. The summed E-state index contributed by atoms with van der Waals surface area (Å²) in [6, 6.07) is 14.0. The van der Waals surface area contributed by atoms with Crippen molar-refractivity contribution in [3.05, 3.63) is 94.3 Å². The number of rotatable bonds is 5. The first-order chi connectivity index (χ1) is 16.7. The highest BCUT2D eigenvalue weighted by molar-refractivity contribution is 6.30. The van der Waals surface area contributed by atoms with Crippen LogP contribution in [0.25, 0.3) is 6.08 Å². The Balaban J connectivity index is 1.36. The minimum absolute atomic E-state index is 0.0618. The molecule has 0 saturated carbocycles. The summed E-state index contributed by atoms with van der Waals surface area (Å²) < 4.78 is 68.6. The molecular formula is C25H19ClF5N3O. The van der Waals surface area contributed by atoms with E-state index in [9.17, 15) is 26.7 Å². The lowest BCUT2D eigenvalue weighted by atomic mass is 10.2. The van der Waals surface area contributed by atoms with Gasteiger partial charge in [0.05, 0.1) is 0 Å². The summed E-state index contributed by atoms with van der Waals surface area (Å²) in [5, 5.41) is 3.35. The second-order valence-corrected chi connectivity index (χ2v) is 8.25. The largest absolute Gasteiger partial charge is 0.368 e. The van der Waals surface area contributed by atoms with E-state index in [0.29, 0.717) is 23.8 Å². The maximum atomic E-state index is 14.1. The van der Waals surface area contributed by atoms with E-state index in [1.165, 1.54) is 6.08 Å². The molecule has 0 radical (unpaired) electrons. The van der Waals surface area contributed by atoms with Gasteiger partial charge in [-0.25, -0.2) is 22.0 Å². The molecule has 1 amide bonds. The van der Waals surface area contributed by atoms with Gasteiger partial charge in [-0.05, 0) is 48.0 Å². The highest BCUT2D eigenvalue weighted by atomic mass is 35.5. The molecule has 0 bridgehead atoms. The molecule has 0 unspecified atom stereocenters. The van der Waals surface area contributed by atoms with Crippen molar-refractivity contribution in [2.24, 2.45) is 0 Å². The number of carbonyl (C=O) groups is 1. The molecule has 4 rings (SSSR count). The van der Waals surface area contributed by atoms with Crippen LogP contribution < -0.4 is 15.1 Å². The van der Waals surface area contributed by atoms with Crippen LogP contribution in [0.3, 0.4) is 0 Å². The Morgan fingerprint density at radius 3 is 1.83 bits per heavy atom. The average Bonchev–Trinajstić information content (AvgIpc) is 2.87. The van der Waals surface area contributed by atoms with Crippen LogP contribution in [0.15, 0.2) is 54.6 Å². The molecule has 3 aromatic rings. The standard InChI is InChI=1S/C25H19ClF5N3O/c26-16-4-1-15(2-5-16)3-10-19(35)32-17-6-8-18(9-7-17)33-11-13-34(14-12-33)25-23(30)21(28)20(27)22(29)24(25)31/h1-10H,11-14H2,(H,32,35)/b10-3+. The average molecular weight is 508 g/mol. The van der Waals surface area contributed by atoms with Crippen LogP contribution in [0.4, 0.5) is 39.0 Å². The number of piperazine rings is 1. The monoisotopic (exact) mass is 507 g/mol. The SMILES string of the molecule is O=C(/C=C/c1ccc(Cl)cc1)Nc1ccc(N2CCN(c3c(F)c(F)c(F)c(F)c3F)CC2)cc1. The fraction of sp³-hybridized carbons (Fsp3) is 0.160. The lowest BCUT2D eigenvalue weighted by Gasteiger charge is -2.37. The molecule has 0 atom stereocenters. The van der Waals surface area contributed by atoms with E-state index < -0.39 is 34.8 Å². The first-order valence-corrected chi connectivity index (χ1v) is 11.0. The third-order valence-corrected chi connectivity index (χ3v) is 5.83. The van der Waals surface area contributed by atoms with Gasteiger partial charge in [0, 0.05) is 48.7 Å². The predicted octanol–water partition coefficient (Wildman–Crippen LogP) is 6.01. The van der Waals surface area contributed by atoms with Gasteiger partial charge in [0.15, 0.2) is 23.3 Å². The summed E-state index contributed by atoms with van der Waals surface area (Å²) >= 11 is 5.84. The Kier molecular flexibility index (Phi) is 7.25. The first kappa shape index (κ1) is 24.5. The molecule has 10 heteroatoms. The lowest BCUT2D eigenvalue weighted by Crippen LogP contribution is -2.47. The Morgan fingerprint density at radius 2 is 1.26 bits per heavy atom. The summed E-state index contributed by atoms with van der Waals surface area (Å²) in [5.41, 5.74) is 1.27. The Bertz CT molecular complexity index is 1230. The van der Waals surface area contributed by atoms with Crippen molar-refractivity contribution < 1.29 is 26.7 Å². The number of anilines is 3. The van der Waals surface area contributed by atoms with Gasteiger partial charge in [-0.2, -0.15) is 0 Å². The highest BCUT2D eigenvalue weighted by Gasteiger charge is 2.30. The van der Waals surface area contributed by atoms with Crippen LogP contribution in [-0.4, -0.2) is 32.1 Å². The molecule has 0 aliphatic carbocycles. The van der Waals surface area contributed by atoms with E-state index >= 15 is 0 Å². The smallest absolute Gasteiger partial charge is 0.248 e. The molecule has 0 spiro atoms. The van der Waals surface area contributed by atoms with Crippen molar-refractivity contribution in [2.75, 3.05) is 41.3 Å². The van der Waals surface area contributed by atoms with Crippen molar-refractivity contribution in [1.82, 2.24) is 0 Å². The third-order valence-electron chi connectivity index (χ3n) is 5.58. The van der Waals surface area contributed by atoms with Gasteiger partial charge in [0.1, 0.15) is 5.69 Å². The normalized spacial score (nSPS) is 14.0. The van der Waals surface area contributed by atoms with E-state index in [4.69, 9.17) is 11.6 Å². The Hall–Kier alpha value is -3.59. The molecule has 1 heterocycles. The number of benzene rings is 3. The van der Waals surface area contributed by atoms with Crippen LogP contribution in [0.1, 0.15) is 5.56 Å². The predicted molar refractivity (Wildman–Crippen MR) is 126 cm³/mol. The van der Waals surface area contributed by atoms with E-state index in [1.54, 1.807) is 54.6 Å². The van der Waals surface area contributed by atoms with E-state index in [1.807, 2.05) is 4.90 Å². The second-order valence-electron chi connectivity index (χ2n) is 7.81. The minimum atomic E-state index is -2.17. The summed E-state index contributed by atoms with van der Waals surface area (Å²) in [7, 11) is 0. The molecule has 1 aliphatic rings. The fourth-order valence-electron chi connectivity index (χ4n) is 3.74. The molecular weight excluding hydrogens is 489 g/mol. The second kappa shape index (κ2) is 10.4. The number of nitrogens with one attached hydrogen (secondary N) is 1. The van der Waals surface area contributed by atoms with Gasteiger partial charge in [-0.1, -0.05) is 23.7 Å². The van der Waals surface area contributed by atoms with Gasteiger partial charge in [-0.15, -0.1) is 0 Å². The summed E-state index contributed by atoms with van der Waals surface area (Å²) in [6.45, 7) is 0.725. The summed E-state index contributed by atoms with van der Waals surface area (Å²) in [5.74, 6) is -10.1. The van der Waals surface area contributed by atoms with Gasteiger partial charge < -0.3 is 15.1 Å². The quantitative estimate of drug-likeness (QED) is 0.199. The number of nitrogens with zero attached hydrogens (tertiary/aromatic N) is 2. The fourth-order valence-corrected chi connectivity index (χ4v) is 3.87. The van der Waals surface area contributed by atoms with Crippen LogP contribution in [0.5, 0.6) is 0 Å². The molecule has 4 nitrogen and oxygen atoms in total. The van der Waals surface area contributed by atoms with E-state index in [-0.39, 0.29) is 19.0 Å². The molecule has 1 N–H and O–H groups in total. The van der Waals surface area contributed by atoms with Crippen LogP contribution in [0.2, 0.25) is 5.02 Å². The zero-order chi connectivity index (χ0) is 25.1. The van der Waals surface area contributed by atoms with Gasteiger partial charge >= 0.3 is 0 Å². The number of amides is 1. The van der Waals surface area contributed by atoms with E-state index in [0.717, 1.165) is 16.2 Å². The molecule has 0 aromatic heterocycles. The van der Waals surface area contributed by atoms with Crippen LogP contribution in [-0.2, 0) is 4.79 Å². The topological polar surface area (TPSA) is 35.6 Å². The van der Waals surface area contributed by atoms with Gasteiger partial charge in [0.25, 0.3) is 0 Å². The van der Waals surface area contributed by atoms with Crippen molar-refractivity contribution in [3.63, 3.8) is 0 Å². The molecule has 182 valence electrons. The molecule has 1 saturated heterocycles. The van der Waals surface area contributed by atoms with Crippen molar-refractivity contribution in [1.29, 1.82) is 0 Å². The molecule has 1 fully saturated rings. The Labute approximate surface area is 203 Å². The first-order valence-electron chi connectivity index (χ1n) is 10.6. The summed E-state index contributed by atoms with van der Waals surface area (Å²) in [4.78, 5) is 15.2. The summed E-state index contributed by atoms with van der Waals surface area (Å²) in [6.07, 6.45) is 3.06. The van der Waals surface area contributed by atoms with Gasteiger partial charge in [0.2, 0.25) is 11.7 Å². The highest BCUT2D eigenvalue weighted by Crippen LogP contribution is 2.31. The number of carbonyl (C=O) groups excluding carboxylic acids is 1. The van der Waals surface area contributed by atoms with Crippen molar-refractivity contribution in [2.45, 2.75) is 0 Å². The van der Waals surface area contributed by atoms with Crippen LogP contribution >= 0.6 is 11.6 Å². The molecule has 1 aliphatic heterocycles. The van der Waals surface area contributed by atoms with Gasteiger partial charge in [-0.3, -0.25) is 4.79 Å². The number of hydrogen-bond acceptors (Lipinski definition) is 3. The maximum Gasteiger partial charge on any atom is 0.248 e. The molecule has 3 aromatic carbocycles. The minimum Gasteiger partial charge on any atom is -0.368 e. The zero-order valence-electron chi connectivity index (χ0n) is 18.2. The van der Waals surface area contributed by atoms with Crippen molar-refractivity contribution in [3.8, 4) is 0 Å². The van der Waals surface area contributed by atoms with Crippen molar-refractivity contribution >= 4 is 40.6 Å².